The Morgan fingerprint density at radius 1 is 1.21 bits per heavy atom. The van der Waals surface area contributed by atoms with E-state index in [9.17, 15) is 0 Å². The van der Waals surface area contributed by atoms with Gasteiger partial charge in [0.1, 0.15) is 0 Å². The highest BCUT2D eigenvalue weighted by atomic mass is 16.5. The Morgan fingerprint density at radius 2 is 1.95 bits per heavy atom. The van der Waals surface area contributed by atoms with Gasteiger partial charge in [0.25, 0.3) is 0 Å². The van der Waals surface area contributed by atoms with Gasteiger partial charge in [0.2, 0.25) is 0 Å². The van der Waals surface area contributed by atoms with Gasteiger partial charge in [-0.2, -0.15) is 0 Å². The highest BCUT2D eigenvalue weighted by Gasteiger charge is 2.32. The summed E-state index contributed by atoms with van der Waals surface area (Å²) in [6, 6.07) is 0. The van der Waals surface area contributed by atoms with E-state index in [1.165, 1.54) is 32.2 Å². The van der Waals surface area contributed by atoms with Crippen LogP contribution >= 0.6 is 0 Å². The third kappa shape index (κ3) is 5.83. The highest BCUT2D eigenvalue weighted by molar-refractivity contribution is 4.84. The summed E-state index contributed by atoms with van der Waals surface area (Å²) in [5, 5.41) is 3.67. The van der Waals surface area contributed by atoms with Crippen LogP contribution in [-0.4, -0.2) is 26.8 Å². The molecule has 1 aliphatic carbocycles. The average Bonchev–Trinajstić information content (AvgIpc) is 2.38. The average molecular weight is 269 g/mol. The lowest BCUT2D eigenvalue weighted by Gasteiger charge is -2.39. The summed E-state index contributed by atoms with van der Waals surface area (Å²) in [5.41, 5.74) is 0. The zero-order valence-corrected chi connectivity index (χ0v) is 13.7. The third-order valence-electron chi connectivity index (χ3n) is 4.85. The molecule has 1 rings (SSSR count). The summed E-state index contributed by atoms with van der Waals surface area (Å²) in [5.74, 6) is 4.10. The smallest absolute Gasteiger partial charge is 0.0490 e. The van der Waals surface area contributed by atoms with Crippen LogP contribution < -0.4 is 5.32 Å². The van der Waals surface area contributed by atoms with E-state index in [1.807, 2.05) is 7.11 Å². The summed E-state index contributed by atoms with van der Waals surface area (Å²) in [7, 11) is 1.84. The second kappa shape index (κ2) is 8.97. The first-order valence-corrected chi connectivity index (χ1v) is 8.28. The van der Waals surface area contributed by atoms with Crippen LogP contribution in [0.4, 0.5) is 0 Å². The van der Waals surface area contributed by atoms with Crippen molar-refractivity contribution in [3.63, 3.8) is 0 Å². The van der Waals surface area contributed by atoms with Crippen molar-refractivity contribution in [2.45, 2.75) is 53.4 Å². The lowest BCUT2D eigenvalue weighted by atomic mass is 9.68. The summed E-state index contributed by atoms with van der Waals surface area (Å²) >= 11 is 0. The fourth-order valence-corrected chi connectivity index (χ4v) is 3.62. The molecule has 114 valence electrons. The van der Waals surface area contributed by atoms with Crippen LogP contribution in [0.25, 0.3) is 0 Å². The minimum absolute atomic E-state index is 0.699. The summed E-state index contributed by atoms with van der Waals surface area (Å²) in [6.07, 6.45) is 5.60. The molecule has 1 saturated carbocycles. The first-order valence-electron chi connectivity index (χ1n) is 8.28. The zero-order chi connectivity index (χ0) is 14.3. The Kier molecular flexibility index (Phi) is 8.01. The van der Waals surface area contributed by atoms with Gasteiger partial charge in [-0.05, 0) is 55.5 Å². The first-order chi connectivity index (χ1) is 9.08. The van der Waals surface area contributed by atoms with E-state index >= 15 is 0 Å². The molecular formula is C17H35NO. The first kappa shape index (κ1) is 17.0. The Bertz CT molecular complexity index is 229. The van der Waals surface area contributed by atoms with E-state index in [-0.39, 0.29) is 0 Å². The molecule has 0 spiro atoms. The third-order valence-corrected chi connectivity index (χ3v) is 4.85. The molecule has 4 atom stereocenters. The molecule has 0 saturated heterocycles. The number of nitrogens with one attached hydrogen (secondary N) is 1. The van der Waals surface area contributed by atoms with Gasteiger partial charge in [0.15, 0.2) is 0 Å². The molecule has 0 aromatic rings. The SMILES string of the molecule is CCC1CCC(CNCC(C)C)C(C(C)COC)C1. The maximum absolute atomic E-state index is 5.40. The maximum atomic E-state index is 5.40. The minimum atomic E-state index is 0.699. The standard InChI is InChI=1S/C17H35NO/c1-6-15-7-8-16(11-18-10-13(2)3)17(9-15)14(4)12-19-5/h13-18H,6-12H2,1-5H3. The van der Waals surface area contributed by atoms with Crippen LogP contribution in [0, 0.1) is 29.6 Å². The van der Waals surface area contributed by atoms with E-state index in [4.69, 9.17) is 4.74 Å². The number of hydrogen-bond donors (Lipinski definition) is 1. The Hall–Kier alpha value is -0.0800. The molecule has 4 unspecified atom stereocenters. The van der Waals surface area contributed by atoms with Crippen LogP contribution in [-0.2, 0) is 4.74 Å². The van der Waals surface area contributed by atoms with Gasteiger partial charge in [-0.1, -0.05) is 40.5 Å². The Balaban J connectivity index is 2.49. The van der Waals surface area contributed by atoms with Crippen molar-refractivity contribution in [2.75, 3.05) is 26.8 Å². The lowest BCUT2D eigenvalue weighted by Crippen LogP contribution is -2.38. The molecular weight excluding hydrogens is 234 g/mol. The van der Waals surface area contributed by atoms with Gasteiger partial charge in [-0.3, -0.25) is 0 Å². The number of ether oxygens (including phenoxy) is 1. The van der Waals surface area contributed by atoms with Crippen molar-refractivity contribution < 1.29 is 4.74 Å². The molecule has 0 amide bonds. The summed E-state index contributed by atoms with van der Waals surface area (Å²) < 4.78 is 5.40. The van der Waals surface area contributed by atoms with Crippen LogP contribution in [0.15, 0.2) is 0 Å². The number of methoxy groups -OCH3 is 1. The topological polar surface area (TPSA) is 21.3 Å². The fraction of sp³-hybridized carbons (Fsp3) is 1.00. The van der Waals surface area contributed by atoms with Gasteiger partial charge in [-0.15, -0.1) is 0 Å². The van der Waals surface area contributed by atoms with E-state index < -0.39 is 0 Å². The van der Waals surface area contributed by atoms with Crippen molar-refractivity contribution in [2.24, 2.45) is 29.6 Å². The molecule has 0 heterocycles. The Morgan fingerprint density at radius 3 is 2.53 bits per heavy atom. The normalized spacial score (nSPS) is 29.7. The van der Waals surface area contributed by atoms with Crippen molar-refractivity contribution in [1.29, 1.82) is 0 Å². The van der Waals surface area contributed by atoms with E-state index in [0.29, 0.717) is 5.92 Å². The number of hydrogen-bond acceptors (Lipinski definition) is 2. The maximum Gasteiger partial charge on any atom is 0.0490 e. The van der Waals surface area contributed by atoms with E-state index in [0.717, 1.165) is 36.8 Å². The van der Waals surface area contributed by atoms with E-state index in [1.54, 1.807) is 0 Å². The van der Waals surface area contributed by atoms with E-state index in [2.05, 4.69) is 33.0 Å². The van der Waals surface area contributed by atoms with Crippen LogP contribution in [0.5, 0.6) is 0 Å². The van der Waals surface area contributed by atoms with Crippen LogP contribution in [0.2, 0.25) is 0 Å². The molecule has 1 aliphatic rings. The van der Waals surface area contributed by atoms with Crippen molar-refractivity contribution in [3.05, 3.63) is 0 Å². The predicted octanol–water partition coefficient (Wildman–Crippen LogP) is 3.96. The van der Waals surface area contributed by atoms with Crippen molar-refractivity contribution in [1.82, 2.24) is 5.32 Å². The molecule has 0 bridgehead atoms. The molecule has 0 aromatic carbocycles. The summed E-state index contributed by atoms with van der Waals surface area (Å²) in [4.78, 5) is 0. The molecule has 0 radical (unpaired) electrons. The van der Waals surface area contributed by atoms with Gasteiger partial charge in [0, 0.05) is 13.7 Å². The molecule has 2 nitrogen and oxygen atoms in total. The van der Waals surface area contributed by atoms with Gasteiger partial charge >= 0.3 is 0 Å². The predicted molar refractivity (Wildman–Crippen MR) is 83.4 cm³/mol. The van der Waals surface area contributed by atoms with Gasteiger partial charge < -0.3 is 10.1 Å². The van der Waals surface area contributed by atoms with Crippen molar-refractivity contribution >= 4 is 0 Å². The van der Waals surface area contributed by atoms with Gasteiger partial charge in [0.05, 0.1) is 0 Å². The fourth-order valence-electron chi connectivity index (χ4n) is 3.62. The molecule has 2 heteroatoms. The minimum Gasteiger partial charge on any atom is -0.384 e. The molecule has 19 heavy (non-hydrogen) atoms. The highest BCUT2D eigenvalue weighted by Crippen LogP contribution is 2.39. The molecule has 1 fully saturated rings. The second-order valence-corrected chi connectivity index (χ2v) is 7.00. The molecule has 1 N–H and O–H groups in total. The molecule has 0 aliphatic heterocycles. The van der Waals surface area contributed by atoms with Crippen LogP contribution in [0.1, 0.15) is 53.4 Å². The largest absolute Gasteiger partial charge is 0.384 e. The van der Waals surface area contributed by atoms with Gasteiger partial charge in [-0.25, -0.2) is 0 Å². The Labute approximate surface area is 120 Å². The monoisotopic (exact) mass is 269 g/mol. The molecule has 0 aromatic heterocycles. The zero-order valence-electron chi connectivity index (χ0n) is 13.7. The van der Waals surface area contributed by atoms with Crippen LogP contribution in [0.3, 0.4) is 0 Å². The second-order valence-electron chi connectivity index (χ2n) is 7.00. The number of rotatable bonds is 8. The summed E-state index contributed by atoms with van der Waals surface area (Å²) in [6.45, 7) is 12.6. The quantitative estimate of drug-likeness (QED) is 0.720. The lowest BCUT2D eigenvalue weighted by molar-refractivity contribution is 0.0645. The van der Waals surface area contributed by atoms with Crippen molar-refractivity contribution in [3.8, 4) is 0 Å².